The van der Waals surface area contributed by atoms with Gasteiger partial charge >= 0.3 is 0 Å². The van der Waals surface area contributed by atoms with Gasteiger partial charge in [0.1, 0.15) is 0 Å². The van der Waals surface area contributed by atoms with Gasteiger partial charge in [0, 0.05) is 36.9 Å². The van der Waals surface area contributed by atoms with Crippen LogP contribution in [0.4, 0.5) is 0 Å². The molecule has 2 heterocycles. The Labute approximate surface area is 105 Å². The normalized spacial score (nSPS) is 16.6. The maximum Gasteiger partial charge on any atom is 0.0464 e. The van der Waals surface area contributed by atoms with Crippen molar-refractivity contribution in [2.75, 3.05) is 6.54 Å². The van der Waals surface area contributed by atoms with Crippen molar-refractivity contribution in [1.82, 2.24) is 9.88 Å². The zero-order chi connectivity index (χ0) is 12.4. The number of aromatic nitrogens is 1. The average molecular weight is 232 g/mol. The fraction of sp³-hybridized carbons (Fsp3) is 0.667. The largest absolute Gasteiger partial charge is 0.296 e. The highest BCUT2D eigenvalue weighted by atomic mass is 15.2. The smallest absolute Gasteiger partial charge is 0.0464 e. The van der Waals surface area contributed by atoms with E-state index in [9.17, 15) is 0 Å². The molecule has 0 atom stereocenters. The Morgan fingerprint density at radius 3 is 2.65 bits per heavy atom. The predicted octanol–water partition coefficient (Wildman–Crippen LogP) is 3.05. The lowest BCUT2D eigenvalue weighted by Gasteiger charge is -2.31. The molecule has 94 valence electrons. The molecule has 0 amide bonds. The van der Waals surface area contributed by atoms with Crippen molar-refractivity contribution in [3.63, 3.8) is 0 Å². The quantitative estimate of drug-likeness (QED) is 0.796. The minimum Gasteiger partial charge on any atom is -0.296 e. The average Bonchev–Trinajstić information content (AvgIpc) is 2.27. The summed E-state index contributed by atoms with van der Waals surface area (Å²) in [4.78, 5) is 7.34. The van der Waals surface area contributed by atoms with E-state index in [0.717, 1.165) is 25.9 Å². The lowest BCUT2D eigenvalue weighted by molar-refractivity contribution is 0.201. The molecule has 1 aliphatic rings. The van der Waals surface area contributed by atoms with E-state index in [2.05, 4.69) is 44.7 Å². The van der Waals surface area contributed by atoms with Crippen molar-refractivity contribution in [3.8, 4) is 0 Å². The molecule has 0 N–H and O–H groups in total. The second kappa shape index (κ2) is 5.18. The fourth-order valence-electron chi connectivity index (χ4n) is 2.46. The first-order valence-electron chi connectivity index (χ1n) is 6.78. The summed E-state index contributed by atoms with van der Waals surface area (Å²) in [6.45, 7) is 11.3. The van der Waals surface area contributed by atoms with Gasteiger partial charge in [-0.3, -0.25) is 9.88 Å². The van der Waals surface area contributed by atoms with E-state index in [1.165, 1.54) is 17.0 Å². The molecule has 1 aliphatic heterocycles. The first kappa shape index (κ1) is 12.6. The van der Waals surface area contributed by atoms with Crippen LogP contribution in [0.2, 0.25) is 0 Å². The van der Waals surface area contributed by atoms with Crippen LogP contribution in [0.1, 0.15) is 44.6 Å². The zero-order valence-electron chi connectivity index (χ0n) is 11.5. The lowest BCUT2D eigenvalue weighted by Crippen LogP contribution is -2.36. The Morgan fingerprint density at radius 1 is 1.24 bits per heavy atom. The molecule has 0 spiro atoms. The van der Waals surface area contributed by atoms with Crippen molar-refractivity contribution in [2.24, 2.45) is 5.92 Å². The molecular weight excluding hydrogens is 208 g/mol. The van der Waals surface area contributed by atoms with E-state index < -0.39 is 0 Å². The van der Waals surface area contributed by atoms with E-state index in [-0.39, 0.29) is 0 Å². The van der Waals surface area contributed by atoms with Gasteiger partial charge in [-0.05, 0) is 37.8 Å². The summed E-state index contributed by atoms with van der Waals surface area (Å²) in [7, 11) is 0. The third-order valence-electron chi connectivity index (χ3n) is 3.48. The predicted molar refractivity (Wildman–Crippen MR) is 72.0 cm³/mol. The van der Waals surface area contributed by atoms with Gasteiger partial charge in [0.25, 0.3) is 0 Å². The van der Waals surface area contributed by atoms with Crippen LogP contribution in [0, 0.1) is 5.92 Å². The highest BCUT2D eigenvalue weighted by Crippen LogP contribution is 2.20. The summed E-state index contributed by atoms with van der Waals surface area (Å²) in [6.07, 6.45) is 2.21. The number of fused-ring (bicyclic) bond motifs is 1. The molecule has 17 heavy (non-hydrogen) atoms. The number of rotatable bonds is 3. The van der Waals surface area contributed by atoms with Gasteiger partial charge < -0.3 is 0 Å². The number of pyridine rings is 1. The second-order valence-electron chi connectivity index (χ2n) is 5.82. The van der Waals surface area contributed by atoms with Crippen molar-refractivity contribution >= 4 is 0 Å². The SMILES string of the molecule is CC(C)Cc1ccc2c(n1)CCN(C(C)C)C2. The third-order valence-corrected chi connectivity index (χ3v) is 3.48. The molecule has 0 unspecified atom stereocenters. The molecule has 1 aromatic rings. The Morgan fingerprint density at radius 2 is 2.00 bits per heavy atom. The van der Waals surface area contributed by atoms with E-state index in [1.807, 2.05) is 0 Å². The molecule has 2 rings (SSSR count). The van der Waals surface area contributed by atoms with Crippen molar-refractivity contribution in [3.05, 3.63) is 29.1 Å². The van der Waals surface area contributed by atoms with Gasteiger partial charge in [0.15, 0.2) is 0 Å². The molecule has 0 aromatic carbocycles. The molecule has 0 fully saturated rings. The van der Waals surface area contributed by atoms with Crippen molar-refractivity contribution in [1.29, 1.82) is 0 Å². The minimum absolute atomic E-state index is 0.637. The summed E-state index contributed by atoms with van der Waals surface area (Å²) in [6, 6.07) is 5.13. The van der Waals surface area contributed by atoms with E-state index >= 15 is 0 Å². The maximum absolute atomic E-state index is 4.82. The number of hydrogen-bond donors (Lipinski definition) is 0. The highest BCUT2D eigenvalue weighted by molar-refractivity contribution is 5.25. The van der Waals surface area contributed by atoms with Crippen LogP contribution in [0.15, 0.2) is 12.1 Å². The van der Waals surface area contributed by atoms with Gasteiger partial charge in [-0.2, -0.15) is 0 Å². The summed E-state index contributed by atoms with van der Waals surface area (Å²) in [5.41, 5.74) is 4.02. The molecule has 2 heteroatoms. The molecule has 0 saturated heterocycles. The number of nitrogens with zero attached hydrogens (tertiary/aromatic N) is 2. The van der Waals surface area contributed by atoms with Crippen molar-refractivity contribution in [2.45, 2.75) is 53.1 Å². The summed E-state index contributed by atoms with van der Waals surface area (Å²) in [5, 5.41) is 0. The molecule has 2 nitrogen and oxygen atoms in total. The van der Waals surface area contributed by atoms with Crippen LogP contribution in [0.5, 0.6) is 0 Å². The molecule has 0 aliphatic carbocycles. The molecule has 0 bridgehead atoms. The molecular formula is C15H24N2. The van der Waals surface area contributed by atoms with Crippen LogP contribution in [-0.4, -0.2) is 22.5 Å². The van der Waals surface area contributed by atoms with Gasteiger partial charge in [-0.15, -0.1) is 0 Å². The standard InChI is InChI=1S/C15H24N2/c1-11(2)9-14-6-5-13-10-17(12(3)4)8-7-15(13)16-14/h5-6,11-12H,7-10H2,1-4H3. The zero-order valence-corrected chi connectivity index (χ0v) is 11.5. The highest BCUT2D eigenvalue weighted by Gasteiger charge is 2.19. The summed E-state index contributed by atoms with van der Waals surface area (Å²) < 4.78 is 0. The van der Waals surface area contributed by atoms with Gasteiger partial charge in [-0.25, -0.2) is 0 Å². The Hall–Kier alpha value is -0.890. The van der Waals surface area contributed by atoms with Crippen LogP contribution in [-0.2, 0) is 19.4 Å². The monoisotopic (exact) mass is 232 g/mol. The summed E-state index contributed by atoms with van der Waals surface area (Å²) in [5.74, 6) is 0.691. The van der Waals surface area contributed by atoms with Crippen LogP contribution < -0.4 is 0 Å². The Balaban J connectivity index is 2.14. The first-order valence-corrected chi connectivity index (χ1v) is 6.78. The lowest BCUT2D eigenvalue weighted by atomic mass is 10.0. The molecule has 1 aromatic heterocycles. The Kier molecular flexibility index (Phi) is 3.82. The molecule has 0 radical (unpaired) electrons. The van der Waals surface area contributed by atoms with Crippen molar-refractivity contribution < 1.29 is 0 Å². The van der Waals surface area contributed by atoms with E-state index in [0.29, 0.717) is 12.0 Å². The third kappa shape index (κ3) is 3.06. The van der Waals surface area contributed by atoms with Gasteiger partial charge in [-0.1, -0.05) is 19.9 Å². The van der Waals surface area contributed by atoms with Crippen LogP contribution >= 0.6 is 0 Å². The fourth-order valence-corrected chi connectivity index (χ4v) is 2.46. The maximum atomic E-state index is 4.82. The van der Waals surface area contributed by atoms with Gasteiger partial charge in [0.2, 0.25) is 0 Å². The van der Waals surface area contributed by atoms with E-state index in [1.54, 1.807) is 0 Å². The molecule has 0 saturated carbocycles. The number of hydrogen-bond acceptors (Lipinski definition) is 2. The van der Waals surface area contributed by atoms with Crippen LogP contribution in [0.25, 0.3) is 0 Å². The van der Waals surface area contributed by atoms with Gasteiger partial charge in [0.05, 0.1) is 0 Å². The Bertz CT molecular complexity index is 383. The minimum atomic E-state index is 0.637. The first-order chi connectivity index (χ1) is 8.06. The topological polar surface area (TPSA) is 16.1 Å². The summed E-state index contributed by atoms with van der Waals surface area (Å²) >= 11 is 0. The van der Waals surface area contributed by atoms with Crippen LogP contribution in [0.3, 0.4) is 0 Å². The van der Waals surface area contributed by atoms with E-state index in [4.69, 9.17) is 4.98 Å². The second-order valence-corrected chi connectivity index (χ2v) is 5.82.